The summed E-state index contributed by atoms with van der Waals surface area (Å²) >= 11 is 2.23. The molecule has 4 rings (SSSR count). The second kappa shape index (κ2) is 11.8. The number of carbonyl (C=O) groups is 1. The lowest BCUT2D eigenvalue weighted by Gasteiger charge is -2.19. The Balaban J connectivity index is 1.39. The molecule has 190 valence electrons. The number of fused-ring (bicyclic) bond motifs is 1. The van der Waals surface area contributed by atoms with Crippen molar-refractivity contribution in [2.45, 2.75) is 39.2 Å². The predicted molar refractivity (Wildman–Crippen MR) is 159 cm³/mol. The van der Waals surface area contributed by atoms with Crippen molar-refractivity contribution in [1.29, 1.82) is 0 Å². The van der Waals surface area contributed by atoms with Crippen LogP contribution in [0.4, 0.5) is 0 Å². The molecule has 0 aromatic heterocycles. The maximum Gasteiger partial charge on any atom is 0.244 e. The summed E-state index contributed by atoms with van der Waals surface area (Å²) < 4.78 is 12.7. The van der Waals surface area contributed by atoms with E-state index < -0.39 is 0 Å². The van der Waals surface area contributed by atoms with Crippen LogP contribution in [0.15, 0.2) is 84.0 Å². The van der Waals surface area contributed by atoms with Crippen molar-refractivity contribution >= 4 is 45.5 Å². The van der Waals surface area contributed by atoms with E-state index in [0.29, 0.717) is 18.1 Å². The van der Waals surface area contributed by atoms with Crippen molar-refractivity contribution in [2.75, 3.05) is 7.11 Å². The molecule has 1 amide bonds. The second-order valence-corrected chi connectivity index (χ2v) is 11.0. The highest BCUT2D eigenvalue weighted by molar-refractivity contribution is 14.1. The molecule has 4 aromatic carbocycles. The fourth-order valence-electron chi connectivity index (χ4n) is 4.05. The average Bonchev–Trinajstić information content (AvgIpc) is 2.87. The maximum absolute atomic E-state index is 12.4. The van der Waals surface area contributed by atoms with Crippen LogP contribution in [0.1, 0.15) is 43.0 Å². The minimum Gasteiger partial charge on any atom is -0.493 e. The highest BCUT2D eigenvalue weighted by Gasteiger charge is 2.14. The van der Waals surface area contributed by atoms with E-state index in [1.54, 1.807) is 13.3 Å². The van der Waals surface area contributed by atoms with E-state index >= 15 is 0 Å². The van der Waals surface area contributed by atoms with Gasteiger partial charge in [-0.1, -0.05) is 87.5 Å². The number of halogens is 1. The highest BCUT2D eigenvalue weighted by atomic mass is 127. The number of hydrogen-bond acceptors (Lipinski definition) is 4. The van der Waals surface area contributed by atoms with E-state index in [1.165, 1.54) is 16.3 Å². The molecule has 0 heterocycles. The zero-order valence-corrected chi connectivity index (χ0v) is 23.7. The molecule has 0 spiro atoms. The standard InChI is InChI=1S/C31H31IN2O3/c1-31(2,3)25-14-12-21(13-15-25)18-29(35)34-33-19-22-16-27(32)30(28(17-22)36-4)37-20-24-10-7-9-23-8-5-6-11-26(23)24/h5-17,19H,18,20H2,1-4H3,(H,34,35). The summed E-state index contributed by atoms with van der Waals surface area (Å²) in [7, 11) is 1.61. The first-order chi connectivity index (χ1) is 17.7. The van der Waals surface area contributed by atoms with Crippen LogP contribution in [0.25, 0.3) is 10.8 Å². The minimum absolute atomic E-state index is 0.0835. The Hall–Kier alpha value is -3.39. The van der Waals surface area contributed by atoms with Gasteiger partial charge in [0, 0.05) is 0 Å². The number of nitrogens with zero attached hydrogens (tertiary/aromatic N) is 1. The number of rotatable bonds is 8. The molecule has 0 unspecified atom stereocenters. The molecule has 0 atom stereocenters. The Morgan fingerprint density at radius 1 is 1.00 bits per heavy atom. The van der Waals surface area contributed by atoms with Crippen LogP contribution < -0.4 is 14.9 Å². The van der Waals surface area contributed by atoms with Gasteiger partial charge in [-0.25, -0.2) is 5.43 Å². The zero-order chi connectivity index (χ0) is 26.4. The van der Waals surface area contributed by atoms with Crippen molar-refractivity contribution in [3.8, 4) is 11.5 Å². The topological polar surface area (TPSA) is 59.9 Å². The van der Waals surface area contributed by atoms with Gasteiger partial charge in [-0.15, -0.1) is 0 Å². The molecule has 0 saturated heterocycles. The van der Waals surface area contributed by atoms with Gasteiger partial charge in [0.05, 0.1) is 23.3 Å². The first-order valence-electron chi connectivity index (χ1n) is 12.1. The fourth-order valence-corrected chi connectivity index (χ4v) is 4.83. The third-order valence-corrected chi connectivity index (χ3v) is 6.89. The zero-order valence-electron chi connectivity index (χ0n) is 21.5. The van der Waals surface area contributed by atoms with Crippen LogP contribution in [0.5, 0.6) is 11.5 Å². The monoisotopic (exact) mass is 606 g/mol. The Morgan fingerprint density at radius 3 is 2.46 bits per heavy atom. The molecular formula is C31H31IN2O3. The molecule has 6 heteroatoms. The van der Waals surface area contributed by atoms with E-state index in [0.717, 1.165) is 20.3 Å². The highest BCUT2D eigenvalue weighted by Crippen LogP contribution is 2.34. The molecular weight excluding hydrogens is 575 g/mol. The van der Waals surface area contributed by atoms with Gasteiger partial charge in [0.1, 0.15) is 6.61 Å². The van der Waals surface area contributed by atoms with Gasteiger partial charge in [0.2, 0.25) is 5.91 Å². The van der Waals surface area contributed by atoms with Crippen LogP contribution in [0.3, 0.4) is 0 Å². The largest absolute Gasteiger partial charge is 0.493 e. The van der Waals surface area contributed by atoms with Crippen molar-refractivity contribution < 1.29 is 14.3 Å². The van der Waals surface area contributed by atoms with Crippen molar-refractivity contribution in [1.82, 2.24) is 5.43 Å². The Morgan fingerprint density at radius 2 is 1.73 bits per heavy atom. The van der Waals surface area contributed by atoms with E-state index in [4.69, 9.17) is 9.47 Å². The summed E-state index contributed by atoms with van der Waals surface area (Å²) in [6.07, 6.45) is 1.88. The number of ether oxygens (including phenoxy) is 2. The molecule has 0 aliphatic heterocycles. The number of methoxy groups -OCH3 is 1. The SMILES string of the molecule is COc1cc(C=NNC(=O)Cc2ccc(C(C)(C)C)cc2)cc(I)c1OCc1cccc2ccccc12. The van der Waals surface area contributed by atoms with Crippen molar-refractivity contribution in [2.24, 2.45) is 5.10 Å². The summed E-state index contributed by atoms with van der Waals surface area (Å²) in [5.41, 5.74) is 6.79. The number of nitrogens with one attached hydrogen (secondary N) is 1. The molecule has 0 radical (unpaired) electrons. The third-order valence-electron chi connectivity index (χ3n) is 6.09. The van der Waals surface area contributed by atoms with Crippen LogP contribution in [0, 0.1) is 3.57 Å². The first kappa shape index (κ1) is 26.7. The Bertz CT molecular complexity index is 1420. The van der Waals surface area contributed by atoms with Gasteiger partial charge in [0.25, 0.3) is 0 Å². The minimum atomic E-state index is -0.170. The first-order valence-corrected chi connectivity index (χ1v) is 13.2. The molecule has 0 fully saturated rings. The molecule has 0 aliphatic carbocycles. The summed E-state index contributed by atoms with van der Waals surface area (Å²) in [6.45, 7) is 6.93. The van der Waals surface area contributed by atoms with Gasteiger partial charge < -0.3 is 9.47 Å². The Kier molecular flexibility index (Phi) is 8.48. The number of hydrazone groups is 1. The second-order valence-electron chi connectivity index (χ2n) is 9.88. The van der Waals surface area contributed by atoms with Crippen LogP contribution >= 0.6 is 22.6 Å². The summed E-state index contributed by atoms with van der Waals surface area (Å²) in [5, 5.41) is 6.50. The van der Waals surface area contributed by atoms with Gasteiger partial charge in [-0.3, -0.25) is 4.79 Å². The maximum atomic E-state index is 12.4. The lowest BCUT2D eigenvalue weighted by atomic mass is 9.86. The van der Waals surface area contributed by atoms with E-state index in [-0.39, 0.29) is 17.7 Å². The average molecular weight is 607 g/mol. The molecule has 1 N–H and O–H groups in total. The number of hydrogen-bond donors (Lipinski definition) is 1. The smallest absolute Gasteiger partial charge is 0.244 e. The summed E-state index contributed by atoms with van der Waals surface area (Å²) in [6, 6.07) is 26.4. The third kappa shape index (κ3) is 6.89. The molecule has 0 saturated carbocycles. The molecule has 4 aromatic rings. The lowest BCUT2D eigenvalue weighted by molar-refractivity contribution is -0.120. The molecule has 0 bridgehead atoms. The van der Waals surface area contributed by atoms with Crippen LogP contribution in [-0.4, -0.2) is 19.2 Å². The van der Waals surface area contributed by atoms with E-state index in [1.807, 2.05) is 42.5 Å². The van der Waals surface area contributed by atoms with E-state index in [9.17, 15) is 4.79 Å². The lowest BCUT2D eigenvalue weighted by Crippen LogP contribution is -2.20. The fraction of sp³-hybridized carbons (Fsp3) is 0.226. The Labute approximate surface area is 232 Å². The molecule has 5 nitrogen and oxygen atoms in total. The quantitative estimate of drug-likeness (QED) is 0.133. The number of carbonyl (C=O) groups excluding carboxylic acids is 1. The van der Waals surface area contributed by atoms with Gasteiger partial charge in [0.15, 0.2) is 11.5 Å². The van der Waals surface area contributed by atoms with Gasteiger partial charge in [-0.05, 0) is 73.2 Å². The van der Waals surface area contributed by atoms with Crippen molar-refractivity contribution in [3.05, 3.63) is 105 Å². The number of benzene rings is 4. The predicted octanol–water partition coefficient (Wildman–Crippen LogP) is 7.02. The normalized spacial score (nSPS) is 11.6. The molecule has 0 aliphatic rings. The summed E-state index contributed by atoms with van der Waals surface area (Å²) in [4.78, 5) is 12.4. The molecule has 37 heavy (non-hydrogen) atoms. The number of amides is 1. The summed E-state index contributed by atoms with van der Waals surface area (Å²) in [5.74, 6) is 1.12. The van der Waals surface area contributed by atoms with E-state index in [2.05, 4.69) is 90.3 Å². The van der Waals surface area contributed by atoms with Crippen molar-refractivity contribution in [3.63, 3.8) is 0 Å². The van der Waals surface area contributed by atoms with Crippen LogP contribution in [-0.2, 0) is 23.2 Å². The van der Waals surface area contributed by atoms with Gasteiger partial charge in [-0.2, -0.15) is 5.10 Å². The van der Waals surface area contributed by atoms with Gasteiger partial charge >= 0.3 is 0 Å². The van der Waals surface area contributed by atoms with Crippen LogP contribution in [0.2, 0.25) is 0 Å².